The SMILES string of the molecule is O=C(CN1CCCCC1CO)NNc1ccccn1. The lowest BCUT2D eigenvalue weighted by atomic mass is 10.0. The third kappa shape index (κ3) is 4.18. The lowest BCUT2D eigenvalue weighted by Crippen LogP contribution is -2.48. The molecule has 1 unspecified atom stereocenters. The molecule has 104 valence electrons. The van der Waals surface area contributed by atoms with E-state index >= 15 is 0 Å². The fourth-order valence-electron chi connectivity index (χ4n) is 2.27. The van der Waals surface area contributed by atoms with Gasteiger partial charge in [0.15, 0.2) is 0 Å². The van der Waals surface area contributed by atoms with Gasteiger partial charge in [0.1, 0.15) is 5.82 Å². The van der Waals surface area contributed by atoms with Gasteiger partial charge in [-0.2, -0.15) is 0 Å². The van der Waals surface area contributed by atoms with Crippen molar-refractivity contribution in [3.63, 3.8) is 0 Å². The van der Waals surface area contributed by atoms with Crippen molar-refractivity contribution in [3.05, 3.63) is 24.4 Å². The van der Waals surface area contributed by atoms with Crippen LogP contribution in [0.3, 0.4) is 0 Å². The number of aliphatic hydroxyl groups is 1. The van der Waals surface area contributed by atoms with Crippen molar-refractivity contribution in [2.24, 2.45) is 0 Å². The first kappa shape index (κ1) is 13.8. The van der Waals surface area contributed by atoms with Gasteiger partial charge in [-0.15, -0.1) is 0 Å². The fourth-order valence-corrected chi connectivity index (χ4v) is 2.27. The standard InChI is InChI=1S/C13H20N4O2/c18-10-11-5-2-4-8-17(11)9-13(19)16-15-12-6-1-3-7-14-12/h1,3,6-7,11,18H,2,4-5,8-10H2,(H,14,15)(H,16,19). The monoisotopic (exact) mass is 264 g/mol. The van der Waals surface area contributed by atoms with Gasteiger partial charge in [-0.25, -0.2) is 4.98 Å². The number of pyridine rings is 1. The summed E-state index contributed by atoms with van der Waals surface area (Å²) in [4.78, 5) is 17.9. The molecule has 0 spiro atoms. The second-order valence-electron chi connectivity index (χ2n) is 4.69. The molecule has 2 rings (SSSR count). The van der Waals surface area contributed by atoms with Gasteiger partial charge in [-0.3, -0.25) is 20.5 Å². The first-order chi connectivity index (χ1) is 9.29. The van der Waals surface area contributed by atoms with E-state index in [9.17, 15) is 9.90 Å². The molecule has 2 heterocycles. The fraction of sp³-hybridized carbons (Fsp3) is 0.538. The van der Waals surface area contributed by atoms with E-state index in [0.29, 0.717) is 12.4 Å². The predicted octanol–water partition coefficient (Wildman–Crippen LogP) is 0.371. The molecule has 1 fully saturated rings. The van der Waals surface area contributed by atoms with Gasteiger partial charge >= 0.3 is 0 Å². The summed E-state index contributed by atoms with van der Waals surface area (Å²) in [5, 5.41) is 9.28. The number of anilines is 1. The van der Waals surface area contributed by atoms with Gasteiger partial charge < -0.3 is 5.11 Å². The molecular weight excluding hydrogens is 244 g/mol. The van der Waals surface area contributed by atoms with Gasteiger partial charge in [0.05, 0.1) is 13.2 Å². The number of aromatic nitrogens is 1. The topological polar surface area (TPSA) is 77.5 Å². The molecule has 0 bridgehead atoms. The minimum absolute atomic E-state index is 0.106. The minimum Gasteiger partial charge on any atom is -0.395 e. The number of hydrogen-bond donors (Lipinski definition) is 3. The number of piperidine rings is 1. The van der Waals surface area contributed by atoms with Crippen LogP contribution < -0.4 is 10.9 Å². The number of carbonyl (C=O) groups excluding carboxylic acids is 1. The molecule has 6 nitrogen and oxygen atoms in total. The van der Waals surface area contributed by atoms with E-state index in [1.54, 1.807) is 12.3 Å². The Labute approximate surface area is 112 Å². The molecule has 3 N–H and O–H groups in total. The van der Waals surface area contributed by atoms with Gasteiger partial charge in [-0.1, -0.05) is 12.5 Å². The van der Waals surface area contributed by atoms with E-state index in [0.717, 1.165) is 25.8 Å². The highest BCUT2D eigenvalue weighted by Gasteiger charge is 2.23. The predicted molar refractivity (Wildman–Crippen MR) is 72.3 cm³/mol. The quantitative estimate of drug-likeness (QED) is 0.670. The van der Waals surface area contributed by atoms with Crippen molar-refractivity contribution < 1.29 is 9.90 Å². The van der Waals surface area contributed by atoms with Crippen LogP contribution in [0.25, 0.3) is 0 Å². The Kier molecular flexibility index (Phi) is 5.11. The van der Waals surface area contributed by atoms with E-state index in [1.807, 2.05) is 17.0 Å². The third-order valence-electron chi connectivity index (χ3n) is 3.30. The van der Waals surface area contributed by atoms with Gasteiger partial charge in [0.2, 0.25) is 0 Å². The summed E-state index contributed by atoms with van der Waals surface area (Å²) in [6.07, 6.45) is 4.81. The minimum atomic E-state index is -0.119. The highest BCUT2D eigenvalue weighted by molar-refractivity contribution is 5.79. The zero-order chi connectivity index (χ0) is 13.5. The first-order valence-electron chi connectivity index (χ1n) is 6.60. The van der Waals surface area contributed by atoms with Crippen molar-refractivity contribution in [2.45, 2.75) is 25.3 Å². The Balaban J connectivity index is 1.77. The Hall–Kier alpha value is -1.66. The summed E-state index contributed by atoms with van der Waals surface area (Å²) in [6.45, 7) is 1.27. The number of carbonyl (C=O) groups is 1. The summed E-state index contributed by atoms with van der Waals surface area (Å²) in [7, 11) is 0. The molecule has 0 saturated carbocycles. The maximum atomic E-state index is 11.8. The number of hydrazine groups is 1. The Morgan fingerprint density at radius 1 is 1.47 bits per heavy atom. The number of amides is 1. The average Bonchev–Trinajstić information content (AvgIpc) is 2.47. The van der Waals surface area contributed by atoms with E-state index in [-0.39, 0.29) is 18.6 Å². The molecule has 1 atom stereocenters. The number of likely N-dealkylation sites (tertiary alicyclic amines) is 1. The first-order valence-corrected chi connectivity index (χ1v) is 6.60. The van der Waals surface area contributed by atoms with Crippen molar-refractivity contribution in [2.75, 3.05) is 25.1 Å². The van der Waals surface area contributed by atoms with E-state index in [1.165, 1.54) is 0 Å². The molecule has 0 aliphatic carbocycles. The molecule has 0 radical (unpaired) electrons. The number of aliphatic hydroxyl groups excluding tert-OH is 1. The van der Waals surface area contributed by atoms with Crippen LogP contribution in [-0.2, 0) is 4.79 Å². The molecule has 1 aliphatic rings. The number of nitrogens with one attached hydrogen (secondary N) is 2. The largest absolute Gasteiger partial charge is 0.395 e. The second kappa shape index (κ2) is 7.06. The average molecular weight is 264 g/mol. The lowest BCUT2D eigenvalue weighted by Gasteiger charge is -2.33. The molecular formula is C13H20N4O2. The van der Waals surface area contributed by atoms with Crippen molar-refractivity contribution in [1.29, 1.82) is 0 Å². The molecule has 19 heavy (non-hydrogen) atoms. The van der Waals surface area contributed by atoms with Crippen LogP contribution in [0.4, 0.5) is 5.82 Å². The van der Waals surface area contributed by atoms with E-state index in [2.05, 4.69) is 15.8 Å². The Bertz CT molecular complexity index is 399. The van der Waals surface area contributed by atoms with Crippen LogP contribution >= 0.6 is 0 Å². The molecule has 1 aliphatic heterocycles. The highest BCUT2D eigenvalue weighted by atomic mass is 16.3. The maximum Gasteiger partial charge on any atom is 0.252 e. The van der Waals surface area contributed by atoms with Crippen molar-refractivity contribution in [3.8, 4) is 0 Å². The zero-order valence-electron chi connectivity index (χ0n) is 10.9. The lowest BCUT2D eigenvalue weighted by molar-refractivity contribution is -0.122. The zero-order valence-corrected chi connectivity index (χ0v) is 10.9. The van der Waals surface area contributed by atoms with Crippen LogP contribution in [0.5, 0.6) is 0 Å². The molecule has 1 aromatic heterocycles. The van der Waals surface area contributed by atoms with Gasteiger partial charge in [0.25, 0.3) is 5.91 Å². The van der Waals surface area contributed by atoms with E-state index in [4.69, 9.17) is 0 Å². The molecule has 1 amide bonds. The normalized spacial score (nSPS) is 19.9. The number of hydrogen-bond acceptors (Lipinski definition) is 5. The molecule has 1 saturated heterocycles. The smallest absolute Gasteiger partial charge is 0.252 e. The van der Waals surface area contributed by atoms with Gasteiger partial charge in [-0.05, 0) is 31.5 Å². The van der Waals surface area contributed by atoms with Crippen molar-refractivity contribution in [1.82, 2.24) is 15.3 Å². The van der Waals surface area contributed by atoms with Crippen LogP contribution in [0.15, 0.2) is 24.4 Å². The Morgan fingerprint density at radius 3 is 3.11 bits per heavy atom. The van der Waals surface area contributed by atoms with Crippen LogP contribution in [0.2, 0.25) is 0 Å². The molecule has 1 aromatic rings. The van der Waals surface area contributed by atoms with Crippen molar-refractivity contribution >= 4 is 11.7 Å². The summed E-state index contributed by atoms with van der Waals surface area (Å²) in [5.74, 6) is 0.485. The van der Waals surface area contributed by atoms with E-state index < -0.39 is 0 Å². The Morgan fingerprint density at radius 2 is 2.37 bits per heavy atom. The maximum absolute atomic E-state index is 11.8. The third-order valence-corrected chi connectivity index (χ3v) is 3.30. The highest BCUT2D eigenvalue weighted by Crippen LogP contribution is 2.15. The molecule has 6 heteroatoms. The number of nitrogens with zero attached hydrogens (tertiary/aromatic N) is 2. The summed E-state index contributed by atoms with van der Waals surface area (Å²) in [6, 6.07) is 5.53. The number of rotatable bonds is 5. The summed E-state index contributed by atoms with van der Waals surface area (Å²) in [5.41, 5.74) is 5.38. The van der Waals surface area contributed by atoms with Crippen LogP contribution in [0, 0.1) is 0 Å². The summed E-state index contributed by atoms with van der Waals surface area (Å²) >= 11 is 0. The van der Waals surface area contributed by atoms with Crippen LogP contribution in [-0.4, -0.2) is 46.6 Å². The van der Waals surface area contributed by atoms with Gasteiger partial charge in [0, 0.05) is 12.2 Å². The van der Waals surface area contributed by atoms with Crippen LogP contribution in [0.1, 0.15) is 19.3 Å². The molecule has 0 aromatic carbocycles. The second-order valence-corrected chi connectivity index (χ2v) is 4.69. The summed E-state index contributed by atoms with van der Waals surface area (Å²) < 4.78 is 0.